The van der Waals surface area contributed by atoms with Gasteiger partial charge in [0, 0.05) is 10.6 Å². The quantitative estimate of drug-likeness (QED) is 0.640. The lowest BCUT2D eigenvalue weighted by molar-refractivity contribution is -0.119. The van der Waals surface area contributed by atoms with Gasteiger partial charge in [0.15, 0.2) is 0 Å². The number of aromatic nitrogens is 2. The Morgan fingerprint density at radius 3 is 2.46 bits per heavy atom. The van der Waals surface area contributed by atoms with E-state index in [-0.39, 0.29) is 17.3 Å². The number of halogens is 4. The van der Waals surface area contributed by atoms with Gasteiger partial charge in [-0.3, -0.25) is 4.79 Å². The highest BCUT2D eigenvalue weighted by Gasteiger charge is 2.25. The molecule has 0 spiro atoms. The number of nitrogens with zero attached hydrogens (tertiary/aromatic N) is 2. The van der Waals surface area contributed by atoms with E-state index in [9.17, 15) is 13.6 Å². The van der Waals surface area contributed by atoms with Crippen molar-refractivity contribution in [2.75, 3.05) is 0 Å². The average Bonchev–Trinajstić information content (AvgIpc) is 2.96. The Morgan fingerprint density at radius 2 is 1.85 bits per heavy atom. The average molecular weight is 441 g/mol. The Labute approximate surface area is 161 Å². The first-order chi connectivity index (χ1) is 12.4. The molecular weight excluding hydrogens is 428 g/mol. The maximum Gasteiger partial charge on any atom is 0.225 e. The number of benzene rings is 2. The van der Waals surface area contributed by atoms with Crippen molar-refractivity contribution >= 4 is 33.4 Å². The zero-order chi connectivity index (χ0) is 18.8. The van der Waals surface area contributed by atoms with Crippen LogP contribution in [0.1, 0.15) is 17.0 Å². The van der Waals surface area contributed by atoms with Crippen molar-refractivity contribution in [3.05, 3.63) is 81.0 Å². The number of nitrogens with two attached hydrogens (primary N) is 1. The number of hydrogen-bond acceptors (Lipinski definition) is 2. The Hall–Kier alpha value is -2.25. The molecule has 1 amide bonds. The first-order valence-electron chi connectivity index (χ1n) is 7.59. The molecule has 3 rings (SSSR count). The third-order valence-electron chi connectivity index (χ3n) is 3.97. The van der Waals surface area contributed by atoms with Gasteiger partial charge >= 0.3 is 0 Å². The van der Waals surface area contributed by atoms with Gasteiger partial charge in [-0.2, -0.15) is 5.10 Å². The molecule has 0 saturated carbocycles. The SMILES string of the molecule is NC(=O)C(Cc1ccc(F)cc1Cl)c1cnn(-c2ccc(F)cc2)c1Br. The molecule has 0 aliphatic heterocycles. The molecule has 0 aliphatic carbocycles. The lowest BCUT2D eigenvalue weighted by Gasteiger charge is -2.14. The number of hydrogen-bond donors (Lipinski definition) is 1. The van der Waals surface area contributed by atoms with E-state index in [4.69, 9.17) is 17.3 Å². The van der Waals surface area contributed by atoms with E-state index in [1.807, 2.05) is 0 Å². The summed E-state index contributed by atoms with van der Waals surface area (Å²) >= 11 is 9.49. The van der Waals surface area contributed by atoms with E-state index in [0.717, 1.165) is 0 Å². The van der Waals surface area contributed by atoms with Gasteiger partial charge in [0.05, 0.1) is 17.8 Å². The molecule has 0 aliphatic rings. The van der Waals surface area contributed by atoms with Crippen LogP contribution >= 0.6 is 27.5 Å². The minimum Gasteiger partial charge on any atom is -0.369 e. The Morgan fingerprint density at radius 1 is 1.19 bits per heavy atom. The summed E-state index contributed by atoms with van der Waals surface area (Å²) in [7, 11) is 0. The third-order valence-corrected chi connectivity index (χ3v) is 5.11. The summed E-state index contributed by atoms with van der Waals surface area (Å²) in [6.45, 7) is 0. The number of amides is 1. The minimum absolute atomic E-state index is 0.197. The van der Waals surface area contributed by atoms with Crippen molar-refractivity contribution in [3.63, 3.8) is 0 Å². The van der Waals surface area contributed by atoms with Crippen LogP contribution in [0.5, 0.6) is 0 Å². The molecule has 1 atom stereocenters. The summed E-state index contributed by atoms with van der Waals surface area (Å²) in [5.74, 6) is -2.11. The molecule has 8 heteroatoms. The highest BCUT2D eigenvalue weighted by Crippen LogP contribution is 2.31. The second kappa shape index (κ2) is 7.55. The molecule has 0 saturated heterocycles. The predicted molar refractivity (Wildman–Crippen MR) is 98.3 cm³/mol. The van der Waals surface area contributed by atoms with Crippen LogP contribution in [0.25, 0.3) is 5.69 Å². The molecule has 4 nitrogen and oxygen atoms in total. The van der Waals surface area contributed by atoms with Gasteiger partial charge in [-0.15, -0.1) is 0 Å². The molecule has 1 unspecified atom stereocenters. The standard InChI is InChI=1S/C18H13BrClF2N3O/c19-17-15(9-24-25(17)13-5-3-11(21)4-6-13)14(18(23)26)7-10-1-2-12(22)8-16(10)20/h1-6,8-9,14H,7H2,(H2,23,26). The van der Waals surface area contributed by atoms with Crippen molar-refractivity contribution in [3.8, 4) is 5.69 Å². The Balaban J connectivity index is 1.96. The summed E-state index contributed by atoms with van der Waals surface area (Å²) in [6, 6.07) is 9.73. The van der Waals surface area contributed by atoms with Crippen LogP contribution in [-0.4, -0.2) is 15.7 Å². The van der Waals surface area contributed by atoms with Crippen molar-refractivity contribution in [1.82, 2.24) is 9.78 Å². The van der Waals surface area contributed by atoms with Gasteiger partial charge in [0.1, 0.15) is 16.2 Å². The summed E-state index contributed by atoms with van der Waals surface area (Å²) in [5.41, 5.74) is 7.34. The monoisotopic (exact) mass is 439 g/mol. The number of primary amides is 1. The van der Waals surface area contributed by atoms with Gasteiger partial charge in [-0.25, -0.2) is 13.5 Å². The van der Waals surface area contributed by atoms with Crippen LogP contribution in [0.4, 0.5) is 8.78 Å². The molecule has 0 radical (unpaired) electrons. The van der Waals surface area contributed by atoms with E-state index in [2.05, 4.69) is 21.0 Å². The fourth-order valence-electron chi connectivity index (χ4n) is 2.61. The molecule has 2 N–H and O–H groups in total. The smallest absolute Gasteiger partial charge is 0.225 e. The Bertz CT molecular complexity index is 960. The van der Waals surface area contributed by atoms with Gasteiger partial charge < -0.3 is 5.73 Å². The number of carbonyl (C=O) groups is 1. The van der Waals surface area contributed by atoms with Gasteiger partial charge in [-0.1, -0.05) is 17.7 Å². The lowest BCUT2D eigenvalue weighted by Crippen LogP contribution is -2.23. The molecule has 0 fully saturated rings. The molecule has 134 valence electrons. The normalized spacial score (nSPS) is 12.2. The van der Waals surface area contributed by atoms with Crippen molar-refractivity contribution in [2.24, 2.45) is 5.73 Å². The summed E-state index contributed by atoms with van der Waals surface area (Å²) in [4.78, 5) is 12.0. The van der Waals surface area contributed by atoms with Crippen LogP contribution in [0.15, 0.2) is 53.3 Å². The largest absolute Gasteiger partial charge is 0.369 e. The number of rotatable bonds is 5. The van der Waals surface area contributed by atoms with Crippen LogP contribution in [0.3, 0.4) is 0 Å². The highest BCUT2D eigenvalue weighted by atomic mass is 79.9. The molecule has 3 aromatic rings. The maximum absolute atomic E-state index is 13.2. The summed E-state index contributed by atoms with van der Waals surface area (Å²) in [5, 5.41) is 4.46. The van der Waals surface area contributed by atoms with E-state index in [1.54, 1.807) is 12.1 Å². The molecule has 0 bridgehead atoms. The van der Waals surface area contributed by atoms with Crippen molar-refractivity contribution < 1.29 is 13.6 Å². The molecular formula is C18H13BrClF2N3O. The summed E-state index contributed by atoms with van der Waals surface area (Å²) in [6.07, 6.45) is 1.71. The summed E-state index contributed by atoms with van der Waals surface area (Å²) < 4.78 is 28.4. The minimum atomic E-state index is -0.721. The zero-order valence-corrected chi connectivity index (χ0v) is 15.6. The zero-order valence-electron chi connectivity index (χ0n) is 13.3. The highest BCUT2D eigenvalue weighted by molar-refractivity contribution is 9.10. The second-order valence-electron chi connectivity index (χ2n) is 5.67. The second-order valence-corrected chi connectivity index (χ2v) is 6.83. The van der Waals surface area contributed by atoms with E-state index >= 15 is 0 Å². The van der Waals surface area contributed by atoms with Crippen LogP contribution in [-0.2, 0) is 11.2 Å². The van der Waals surface area contributed by atoms with Gasteiger partial charge in [0.25, 0.3) is 0 Å². The van der Waals surface area contributed by atoms with Crippen molar-refractivity contribution in [1.29, 1.82) is 0 Å². The first kappa shape index (κ1) is 18.5. The van der Waals surface area contributed by atoms with Crippen LogP contribution in [0, 0.1) is 11.6 Å². The van der Waals surface area contributed by atoms with Gasteiger partial charge in [-0.05, 0) is 64.3 Å². The van der Waals surface area contributed by atoms with Gasteiger partial charge in [0.2, 0.25) is 5.91 Å². The topological polar surface area (TPSA) is 60.9 Å². The fourth-order valence-corrected chi connectivity index (χ4v) is 3.53. The molecule has 1 aromatic heterocycles. The molecule has 2 aromatic carbocycles. The van der Waals surface area contributed by atoms with E-state index in [0.29, 0.717) is 21.4 Å². The number of carbonyl (C=O) groups excluding carboxylic acids is 1. The first-order valence-corrected chi connectivity index (χ1v) is 8.76. The van der Waals surface area contributed by atoms with Crippen LogP contribution < -0.4 is 5.73 Å². The fraction of sp³-hybridized carbons (Fsp3) is 0.111. The molecule has 1 heterocycles. The van der Waals surface area contributed by atoms with E-state index in [1.165, 1.54) is 41.2 Å². The maximum atomic E-state index is 13.2. The van der Waals surface area contributed by atoms with Crippen molar-refractivity contribution in [2.45, 2.75) is 12.3 Å². The molecule has 26 heavy (non-hydrogen) atoms. The van der Waals surface area contributed by atoms with E-state index < -0.39 is 17.6 Å². The lowest BCUT2D eigenvalue weighted by atomic mass is 9.93. The van der Waals surface area contributed by atoms with Crippen LogP contribution in [0.2, 0.25) is 5.02 Å². The predicted octanol–water partition coefficient (Wildman–Crippen LogP) is 4.38. The Kier molecular flexibility index (Phi) is 5.38. The third kappa shape index (κ3) is 3.78.